The van der Waals surface area contributed by atoms with Gasteiger partial charge in [0, 0.05) is 6.04 Å². The number of esters is 1. The third-order valence-corrected chi connectivity index (χ3v) is 3.84. The van der Waals surface area contributed by atoms with Crippen molar-refractivity contribution in [2.24, 2.45) is 17.1 Å². The molecule has 0 saturated heterocycles. The van der Waals surface area contributed by atoms with Crippen molar-refractivity contribution in [1.29, 1.82) is 0 Å². The van der Waals surface area contributed by atoms with Gasteiger partial charge < -0.3 is 10.5 Å². The maximum absolute atomic E-state index is 11.7. The molecule has 0 aliphatic heterocycles. The summed E-state index contributed by atoms with van der Waals surface area (Å²) in [6, 6.07) is -0.0810. The highest BCUT2D eigenvalue weighted by Gasteiger charge is 2.29. The molecule has 1 aliphatic rings. The van der Waals surface area contributed by atoms with Crippen molar-refractivity contribution >= 4 is 5.97 Å². The zero-order chi connectivity index (χ0) is 13.1. The van der Waals surface area contributed by atoms with Crippen molar-refractivity contribution in [3.63, 3.8) is 0 Å². The Balaban J connectivity index is 2.28. The molecule has 1 atom stereocenters. The molecule has 2 N–H and O–H groups in total. The maximum atomic E-state index is 11.7. The summed E-state index contributed by atoms with van der Waals surface area (Å²) in [5.74, 6) is 0.198. The molecular formula is C14H27NO2. The van der Waals surface area contributed by atoms with Crippen LogP contribution < -0.4 is 5.73 Å². The van der Waals surface area contributed by atoms with E-state index in [4.69, 9.17) is 10.5 Å². The average molecular weight is 241 g/mol. The van der Waals surface area contributed by atoms with Crippen LogP contribution in [0.2, 0.25) is 0 Å². The molecule has 1 fully saturated rings. The van der Waals surface area contributed by atoms with E-state index in [0.717, 1.165) is 25.7 Å². The number of ether oxygens (including phenoxy) is 1. The number of carbonyl (C=O) groups is 1. The van der Waals surface area contributed by atoms with E-state index < -0.39 is 0 Å². The van der Waals surface area contributed by atoms with Crippen LogP contribution in [0.3, 0.4) is 0 Å². The van der Waals surface area contributed by atoms with Gasteiger partial charge in [0.1, 0.15) is 6.10 Å². The van der Waals surface area contributed by atoms with Crippen molar-refractivity contribution in [3.05, 3.63) is 0 Å². The Hall–Kier alpha value is -0.570. The Morgan fingerprint density at radius 2 is 1.88 bits per heavy atom. The number of hydrogen-bond donors (Lipinski definition) is 1. The molecule has 0 aromatic rings. The van der Waals surface area contributed by atoms with Crippen LogP contribution in [0.15, 0.2) is 0 Å². The van der Waals surface area contributed by atoms with Gasteiger partial charge in [-0.3, -0.25) is 4.79 Å². The molecule has 0 amide bonds. The van der Waals surface area contributed by atoms with Gasteiger partial charge in [-0.1, -0.05) is 27.7 Å². The zero-order valence-electron chi connectivity index (χ0n) is 11.7. The summed E-state index contributed by atoms with van der Waals surface area (Å²) in [6.45, 7) is 8.61. The van der Waals surface area contributed by atoms with Crippen molar-refractivity contribution in [2.75, 3.05) is 0 Å². The van der Waals surface area contributed by atoms with Gasteiger partial charge in [-0.2, -0.15) is 0 Å². The summed E-state index contributed by atoms with van der Waals surface area (Å²) in [4.78, 5) is 11.7. The molecular weight excluding hydrogens is 214 g/mol. The standard InChI is InChI=1S/C14H27NO2/c1-10(2)12(15)9-13(16)17-11-5-7-14(3,4)8-6-11/h10-12H,5-9,15H2,1-4H3. The smallest absolute Gasteiger partial charge is 0.307 e. The molecule has 1 saturated carbocycles. The van der Waals surface area contributed by atoms with E-state index in [0.29, 0.717) is 17.8 Å². The molecule has 3 nitrogen and oxygen atoms in total. The second-order valence-electron chi connectivity index (χ2n) is 6.47. The lowest BCUT2D eigenvalue weighted by Gasteiger charge is -2.34. The zero-order valence-corrected chi connectivity index (χ0v) is 11.7. The number of nitrogens with two attached hydrogens (primary N) is 1. The van der Waals surface area contributed by atoms with Crippen LogP contribution in [-0.4, -0.2) is 18.1 Å². The molecule has 17 heavy (non-hydrogen) atoms. The molecule has 0 aromatic heterocycles. The first-order chi connectivity index (χ1) is 7.80. The lowest BCUT2D eigenvalue weighted by molar-refractivity contribution is -0.152. The van der Waals surface area contributed by atoms with Crippen LogP contribution in [0.25, 0.3) is 0 Å². The molecule has 1 rings (SSSR count). The lowest BCUT2D eigenvalue weighted by Crippen LogP contribution is -2.33. The first kappa shape index (κ1) is 14.5. The highest BCUT2D eigenvalue weighted by Crippen LogP contribution is 2.36. The van der Waals surface area contributed by atoms with Crippen LogP contribution in [0, 0.1) is 11.3 Å². The van der Waals surface area contributed by atoms with E-state index in [2.05, 4.69) is 13.8 Å². The molecule has 3 heteroatoms. The maximum Gasteiger partial charge on any atom is 0.307 e. The fraction of sp³-hybridized carbons (Fsp3) is 0.929. The van der Waals surface area contributed by atoms with Crippen LogP contribution in [0.1, 0.15) is 59.8 Å². The van der Waals surface area contributed by atoms with Crippen molar-refractivity contribution in [1.82, 2.24) is 0 Å². The second-order valence-corrected chi connectivity index (χ2v) is 6.47. The minimum atomic E-state index is -0.129. The summed E-state index contributed by atoms with van der Waals surface area (Å²) < 4.78 is 5.49. The van der Waals surface area contributed by atoms with Crippen LogP contribution in [-0.2, 0) is 9.53 Å². The van der Waals surface area contributed by atoms with Crippen molar-refractivity contribution in [3.8, 4) is 0 Å². The Morgan fingerprint density at radius 1 is 1.35 bits per heavy atom. The SMILES string of the molecule is CC(C)C(N)CC(=O)OC1CCC(C)(C)CC1. The highest BCUT2D eigenvalue weighted by molar-refractivity contribution is 5.70. The first-order valence-electron chi connectivity index (χ1n) is 6.75. The van der Waals surface area contributed by atoms with Gasteiger partial charge in [0.2, 0.25) is 0 Å². The fourth-order valence-corrected chi connectivity index (χ4v) is 2.15. The van der Waals surface area contributed by atoms with Gasteiger partial charge in [0.15, 0.2) is 0 Å². The fourth-order valence-electron chi connectivity index (χ4n) is 2.15. The minimum absolute atomic E-state index is 0.0810. The Labute approximate surface area is 105 Å². The number of rotatable bonds is 4. The quantitative estimate of drug-likeness (QED) is 0.770. The van der Waals surface area contributed by atoms with Gasteiger partial charge in [0.05, 0.1) is 6.42 Å². The monoisotopic (exact) mass is 241 g/mol. The molecule has 1 aliphatic carbocycles. The molecule has 1 unspecified atom stereocenters. The van der Waals surface area contributed by atoms with E-state index in [9.17, 15) is 4.79 Å². The summed E-state index contributed by atoms with van der Waals surface area (Å²) >= 11 is 0. The Kier molecular flexibility index (Phi) is 4.99. The first-order valence-corrected chi connectivity index (χ1v) is 6.75. The van der Waals surface area contributed by atoms with Gasteiger partial charge >= 0.3 is 5.97 Å². The molecule has 0 spiro atoms. The van der Waals surface area contributed by atoms with E-state index in [-0.39, 0.29) is 18.1 Å². The van der Waals surface area contributed by atoms with Crippen LogP contribution in [0.4, 0.5) is 0 Å². The van der Waals surface area contributed by atoms with Crippen LogP contribution in [0.5, 0.6) is 0 Å². The van der Waals surface area contributed by atoms with Crippen LogP contribution >= 0.6 is 0 Å². The minimum Gasteiger partial charge on any atom is -0.462 e. The highest BCUT2D eigenvalue weighted by atomic mass is 16.5. The van der Waals surface area contributed by atoms with Gasteiger partial charge in [-0.15, -0.1) is 0 Å². The predicted molar refractivity (Wildman–Crippen MR) is 69.6 cm³/mol. The normalized spacial score (nSPS) is 22.5. The third-order valence-electron chi connectivity index (χ3n) is 3.84. The molecule has 0 aromatic carbocycles. The molecule has 100 valence electrons. The van der Waals surface area contributed by atoms with Gasteiger partial charge in [0.25, 0.3) is 0 Å². The average Bonchev–Trinajstić information content (AvgIpc) is 2.21. The van der Waals surface area contributed by atoms with Gasteiger partial charge in [-0.25, -0.2) is 0 Å². The van der Waals surface area contributed by atoms with E-state index in [1.807, 2.05) is 13.8 Å². The Morgan fingerprint density at radius 3 is 2.35 bits per heavy atom. The summed E-state index contributed by atoms with van der Waals surface area (Å²) in [5, 5.41) is 0. The largest absolute Gasteiger partial charge is 0.462 e. The molecule has 0 bridgehead atoms. The van der Waals surface area contributed by atoms with Crippen molar-refractivity contribution in [2.45, 2.75) is 71.9 Å². The summed E-state index contributed by atoms with van der Waals surface area (Å²) in [6.07, 6.45) is 4.74. The second kappa shape index (κ2) is 5.85. The van der Waals surface area contributed by atoms with E-state index >= 15 is 0 Å². The summed E-state index contributed by atoms with van der Waals surface area (Å²) in [5.41, 5.74) is 6.28. The molecule has 0 heterocycles. The third kappa shape index (κ3) is 5.07. The van der Waals surface area contributed by atoms with E-state index in [1.54, 1.807) is 0 Å². The number of carbonyl (C=O) groups excluding carboxylic acids is 1. The Bertz CT molecular complexity index is 251. The topological polar surface area (TPSA) is 52.3 Å². The lowest BCUT2D eigenvalue weighted by atomic mass is 9.76. The van der Waals surface area contributed by atoms with E-state index in [1.165, 1.54) is 0 Å². The summed E-state index contributed by atoms with van der Waals surface area (Å²) in [7, 11) is 0. The van der Waals surface area contributed by atoms with Gasteiger partial charge in [-0.05, 0) is 37.0 Å². The van der Waals surface area contributed by atoms with Crippen molar-refractivity contribution < 1.29 is 9.53 Å². The molecule has 0 radical (unpaired) electrons. The number of hydrogen-bond acceptors (Lipinski definition) is 3. The predicted octanol–water partition coefficient (Wildman–Crippen LogP) is 2.87.